The monoisotopic (exact) mass is 394 g/mol. The molecule has 3 aliphatic rings. The largest absolute Gasteiger partial charge is 0.486 e. The van der Waals surface area contributed by atoms with E-state index in [2.05, 4.69) is 0 Å². The van der Waals surface area contributed by atoms with Crippen LogP contribution in [0, 0.1) is 0 Å². The van der Waals surface area contributed by atoms with Gasteiger partial charge in [0, 0.05) is 25.7 Å². The van der Waals surface area contributed by atoms with Crippen molar-refractivity contribution in [2.24, 2.45) is 0 Å². The van der Waals surface area contributed by atoms with E-state index < -0.39 is 16.1 Å². The van der Waals surface area contributed by atoms with Gasteiger partial charge in [0.25, 0.3) is 0 Å². The number of amides is 1. The highest BCUT2D eigenvalue weighted by molar-refractivity contribution is 7.89. The second kappa shape index (κ2) is 7.67. The molecule has 1 aromatic rings. The Morgan fingerprint density at radius 3 is 2.37 bits per heavy atom. The molecule has 148 valence electrons. The molecule has 1 atom stereocenters. The average Bonchev–Trinajstić information content (AvgIpc) is 3.03. The number of hydrogen-bond acceptors (Lipinski definition) is 5. The molecular formula is C19H26N2O5S. The predicted molar refractivity (Wildman–Crippen MR) is 99.4 cm³/mol. The molecule has 7 nitrogen and oxygen atoms in total. The van der Waals surface area contributed by atoms with E-state index in [9.17, 15) is 13.2 Å². The molecule has 2 saturated heterocycles. The number of carbonyl (C=O) groups is 1. The molecule has 0 spiro atoms. The summed E-state index contributed by atoms with van der Waals surface area (Å²) in [5.41, 5.74) is 0. The lowest BCUT2D eigenvalue weighted by Crippen LogP contribution is -2.48. The van der Waals surface area contributed by atoms with Gasteiger partial charge in [0.1, 0.15) is 19.3 Å². The van der Waals surface area contributed by atoms with Gasteiger partial charge in [-0.3, -0.25) is 4.79 Å². The highest BCUT2D eigenvalue weighted by atomic mass is 32.2. The van der Waals surface area contributed by atoms with Crippen molar-refractivity contribution in [1.82, 2.24) is 9.21 Å². The van der Waals surface area contributed by atoms with Gasteiger partial charge < -0.3 is 14.4 Å². The van der Waals surface area contributed by atoms with E-state index in [1.165, 1.54) is 16.4 Å². The van der Waals surface area contributed by atoms with Crippen LogP contribution in [0.3, 0.4) is 0 Å². The Morgan fingerprint density at radius 1 is 0.926 bits per heavy atom. The molecule has 1 amide bonds. The lowest BCUT2D eigenvalue weighted by Gasteiger charge is -2.29. The third-order valence-corrected chi connectivity index (χ3v) is 7.43. The lowest BCUT2D eigenvalue weighted by atomic mass is 10.2. The Balaban J connectivity index is 1.57. The summed E-state index contributed by atoms with van der Waals surface area (Å²) in [5.74, 6) is 0.950. The summed E-state index contributed by atoms with van der Waals surface area (Å²) in [5, 5.41) is 0. The highest BCUT2D eigenvalue weighted by Gasteiger charge is 2.41. The van der Waals surface area contributed by atoms with Gasteiger partial charge in [-0.1, -0.05) is 12.8 Å². The van der Waals surface area contributed by atoms with Gasteiger partial charge in [-0.2, -0.15) is 4.31 Å². The third-order valence-electron chi connectivity index (χ3n) is 5.53. The van der Waals surface area contributed by atoms with Crippen LogP contribution in [0.25, 0.3) is 0 Å². The Hall–Kier alpha value is -1.80. The average molecular weight is 394 g/mol. The van der Waals surface area contributed by atoms with Crippen LogP contribution in [0.2, 0.25) is 0 Å². The second-order valence-electron chi connectivity index (χ2n) is 7.32. The van der Waals surface area contributed by atoms with E-state index in [0.29, 0.717) is 44.1 Å². The smallest absolute Gasteiger partial charge is 0.243 e. The Bertz CT molecular complexity index is 802. The first kappa shape index (κ1) is 18.6. The highest BCUT2D eigenvalue weighted by Crippen LogP contribution is 2.35. The minimum absolute atomic E-state index is 0.0458. The molecule has 0 aliphatic carbocycles. The number of ether oxygens (including phenoxy) is 2. The van der Waals surface area contributed by atoms with E-state index in [1.807, 2.05) is 4.90 Å². The number of likely N-dealkylation sites (tertiary alicyclic amines) is 1. The van der Waals surface area contributed by atoms with Crippen LogP contribution in [0.4, 0.5) is 0 Å². The molecule has 1 unspecified atom stereocenters. The van der Waals surface area contributed by atoms with Crippen molar-refractivity contribution in [1.29, 1.82) is 0 Å². The molecule has 1 aromatic carbocycles. The Morgan fingerprint density at radius 2 is 1.63 bits per heavy atom. The topological polar surface area (TPSA) is 76.2 Å². The molecule has 3 aliphatic heterocycles. The molecule has 0 bridgehead atoms. The number of hydrogen-bond donors (Lipinski definition) is 0. The fourth-order valence-corrected chi connectivity index (χ4v) is 5.76. The summed E-state index contributed by atoms with van der Waals surface area (Å²) in [4.78, 5) is 15.1. The van der Waals surface area contributed by atoms with Gasteiger partial charge in [0.2, 0.25) is 15.9 Å². The van der Waals surface area contributed by atoms with Crippen molar-refractivity contribution in [3.8, 4) is 11.5 Å². The normalized spacial score (nSPS) is 23.9. The van der Waals surface area contributed by atoms with E-state index in [0.717, 1.165) is 38.8 Å². The van der Waals surface area contributed by atoms with Gasteiger partial charge in [-0.15, -0.1) is 0 Å². The summed E-state index contributed by atoms with van der Waals surface area (Å²) < 4.78 is 38.9. The lowest BCUT2D eigenvalue weighted by molar-refractivity contribution is -0.134. The molecule has 0 radical (unpaired) electrons. The summed E-state index contributed by atoms with van der Waals surface area (Å²) in [7, 11) is -3.76. The zero-order valence-corrected chi connectivity index (χ0v) is 16.2. The maximum atomic E-state index is 13.2. The van der Waals surface area contributed by atoms with Gasteiger partial charge in [-0.05, 0) is 37.8 Å². The van der Waals surface area contributed by atoms with Crippen molar-refractivity contribution >= 4 is 15.9 Å². The van der Waals surface area contributed by atoms with Crippen molar-refractivity contribution in [3.63, 3.8) is 0 Å². The second-order valence-corrected chi connectivity index (χ2v) is 9.21. The maximum absolute atomic E-state index is 13.2. The quantitative estimate of drug-likeness (QED) is 0.784. The van der Waals surface area contributed by atoms with Gasteiger partial charge >= 0.3 is 0 Å². The molecule has 0 N–H and O–H groups in total. The van der Waals surface area contributed by atoms with E-state index in [1.54, 1.807) is 6.07 Å². The van der Waals surface area contributed by atoms with Crippen molar-refractivity contribution < 1.29 is 22.7 Å². The summed E-state index contributed by atoms with van der Waals surface area (Å²) in [6.07, 6.45) is 5.54. The van der Waals surface area contributed by atoms with Crippen LogP contribution >= 0.6 is 0 Å². The molecule has 0 saturated carbocycles. The number of fused-ring (bicyclic) bond motifs is 1. The van der Waals surface area contributed by atoms with Crippen LogP contribution in [-0.4, -0.2) is 62.4 Å². The molecule has 0 aromatic heterocycles. The first-order valence-electron chi connectivity index (χ1n) is 9.78. The number of sulfonamides is 1. The molecule has 27 heavy (non-hydrogen) atoms. The number of rotatable bonds is 3. The van der Waals surface area contributed by atoms with Crippen molar-refractivity contribution in [2.75, 3.05) is 32.8 Å². The molecule has 8 heteroatoms. The van der Waals surface area contributed by atoms with Crippen molar-refractivity contribution in [3.05, 3.63) is 18.2 Å². The van der Waals surface area contributed by atoms with Crippen LogP contribution in [-0.2, 0) is 14.8 Å². The molecule has 4 rings (SSSR count). The van der Waals surface area contributed by atoms with Crippen LogP contribution < -0.4 is 9.47 Å². The molecule has 2 fully saturated rings. The first-order chi connectivity index (χ1) is 13.1. The van der Waals surface area contributed by atoms with Gasteiger partial charge in [-0.25, -0.2) is 8.42 Å². The summed E-state index contributed by atoms with van der Waals surface area (Å²) in [6.45, 7) is 2.69. The molecule has 3 heterocycles. The zero-order valence-electron chi connectivity index (χ0n) is 15.4. The predicted octanol–water partition coefficient (Wildman–Crippen LogP) is 2.01. The van der Waals surface area contributed by atoms with E-state index >= 15 is 0 Å². The Labute approximate surface area is 160 Å². The minimum atomic E-state index is -3.76. The fraction of sp³-hybridized carbons (Fsp3) is 0.632. The first-order valence-corrected chi connectivity index (χ1v) is 11.2. The summed E-state index contributed by atoms with van der Waals surface area (Å²) in [6, 6.07) is 4.08. The SMILES string of the molecule is O=C(C1CCCN1S(=O)(=O)c1ccc2c(c1)OCCO2)N1CCCCCC1. The van der Waals surface area contributed by atoms with E-state index in [-0.39, 0.29) is 10.8 Å². The van der Waals surface area contributed by atoms with Gasteiger partial charge in [0.05, 0.1) is 4.90 Å². The third kappa shape index (κ3) is 3.65. The maximum Gasteiger partial charge on any atom is 0.243 e. The number of carbonyl (C=O) groups excluding carboxylic acids is 1. The zero-order chi connectivity index (χ0) is 18.9. The minimum Gasteiger partial charge on any atom is -0.486 e. The molecular weight excluding hydrogens is 368 g/mol. The standard InChI is InChI=1S/C19H26N2O5S/c22-19(20-9-3-1-2-4-10-20)16-6-5-11-21(16)27(23,24)15-7-8-17-18(14-15)26-13-12-25-17/h7-8,14,16H,1-6,9-13H2. The van der Waals surface area contributed by atoms with Gasteiger partial charge in [0.15, 0.2) is 11.5 Å². The van der Waals surface area contributed by atoms with Crippen molar-refractivity contribution in [2.45, 2.75) is 49.5 Å². The summed E-state index contributed by atoms with van der Waals surface area (Å²) >= 11 is 0. The number of benzene rings is 1. The van der Waals surface area contributed by atoms with E-state index in [4.69, 9.17) is 9.47 Å². The Kier molecular flexibility index (Phi) is 5.27. The van der Waals surface area contributed by atoms with Crippen LogP contribution in [0.15, 0.2) is 23.1 Å². The fourth-order valence-electron chi connectivity index (χ4n) is 4.10. The number of nitrogens with zero attached hydrogens (tertiary/aromatic N) is 2. The van der Waals surface area contributed by atoms with Crippen LogP contribution in [0.5, 0.6) is 11.5 Å². The van der Waals surface area contributed by atoms with Crippen LogP contribution in [0.1, 0.15) is 38.5 Å².